The summed E-state index contributed by atoms with van der Waals surface area (Å²) in [4.78, 5) is 42.3. The number of hydrogen-bond acceptors (Lipinski definition) is 4. The molecule has 0 spiro atoms. The summed E-state index contributed by atoms with van der Waals surface area (Å²) in [6.45, 7) is 6.16. The smallest absolute Gasteiger partial charge is 0.270 e. The number of hydrogen-bond donors (Lipinski definition) is 1. The SMILES string of the molecule is COc1ccc(C(=O)C2CCN(C(=O)c3[nH]c(C)c(C(C)=O)c3C)CC2)cc1. The fourth-order valence-corrected chi connectivity index (χ4v) is 3.99. The van der Waals surface area contributed by atoms with E-state index in [1.807, 2.05) is 0 Å². The molecule has 0 unspecified atom stereocenters. The minimum atomic E-state index is -0.108. The van der Waals surface area contributed by atoms with Gasteiger partial charge in [0.25, 0.3) is 5.91 Å². The molecule has 6 nitrogen and oxygen atoms in total. The standard InChI is InChI=1S/C22H26N2O4/c1-13-19(15(3)25)14(2)23-20(13)22(27)24-11-9-17(10-12-24)21(26)16-5-7-18(28-4)8-6-16/h5-8,17,23H,9-12H2,1-4H3. The molecule has 1 aromatic heterocycles. The number of ether oxygens (including phenoxy) is 1. The Kier molecular flexibility index (Phi) is 5.68. The van der Waals surface area contributed by atoms with E-state index in [9.17, 15) is 14.4 Å². The molecule has 148 valence electrons. The molecule has 3 rings (SSSR count). The van der Waals surface area contributed by atoms with Crippen molar-refractivity contribution >= 4 is 17.5 Å². The number of aromatic nitrogens is 1. The number of amides is 1. The lowest BCUT2D eigenvalue weighted by atomic mass is 9.88. The van der Waals surface area contributed by atoms with Crippen molar-refractivity contribution in [2.45, 2.75) is 33.6 Å². The van der Waals surface area contributed by atoms with E-state index in [0.717, 1.165) is 11.4 Å². The van der Waals surface area contributed by atoms with Gasteiger partial charge in [0.1, 0.15) is 11.4 Å². The number of rotatable bonds is 5. The van der Waals surface area contributed by atoms with Crippen molar-refractivity contribution in [3.63, 3.8) is 0 Å². The Balaban J connectivity index is 1.66. The van der Waals surface area contributed by atoms with E-state index in [-0.39, 0.29) is 23.4 Å². The fraction of sp³-hybridized carbons (Fsp3) is 0.409. The van der Waals surface area contributed by atoms with Crippen LogP contribution in [0.2, 0.25) is 0 Å². The zero-order valence-electron chi connectivity index (χ0n) is 16.8. The van der Waals surface area contributed by atoms with E-state index >= 15 is 0 Å². The predicted molar refractivity (Wildman–Crippen MR) is 106 cm³/mol. The van der Waals surface area contributed by atoms with Gasteiger partial charge >= 0.3 is 0 Å². The van der Waals surface area contributed by atoms with Crippen LogP contribution in [0, 0.1) is 19.8 Å². The number of aryl methyl sites for hydroxylation is 1. The lowest BCUT2D eigenvalue weighted by molar-refractivity contribution is 0.0645. The summed E-state index contributed by atoms with van der Waals surface area (Å²) in [6.07, 6.45) is 1.27. The minimum Gasteiger partial charge on any atom is -0.497 e. The topological polar surface area (TPSA) is 79.5 Å². The zero-order chi connectivity index (χ0) is 20.4. The molecule has 0 saturated carbocycles. The molecule has 1 aliphatic heterocycles. The normalized spacial score (nSPS) is 14.8. The molecule has 2 heterocycles. The van der Waals surface area contributed by atoms with Crippen molar-refractivity contribution in [3.8, 4) is 5.75 Å². The second-order valence-electron chi connectivity index (χ2n) is 7.34. The lowest BCUT2D eigenvalue weighted by Gasteiger charge is -2.31. The van der Waals surface area contributed by atoms with Crippen molar-refractivity contribution in [1.29, 1.82) is 0 Å². The van der Waals surface area contributed by atoms with Gasteiger partial charge in [0, 0.05) is 35.8 Å². The number of H-pyrrole nitrogens is 1. The van der Waals surface area contributed by atoms with Crippen LogP contribution in [0.5, 0.6) is 5.75 Å². The third kappa shape index (κ3) is 3.72. The van der Waals surface area contributed by atoms with Gasteiger partial charge in [-0.2, -0.15) is 0 Å². The van der Waals surface area contributed by atoms with Crippen LogP contribution in [0.25, 0.3) is 0 Å². The number of carbonyl (C=O) groups is 3. The maximum absolute atomic E-state index is 12.9. The number of aromatic amines is 1. The van der Waals surface area contributed by atoms with Crippen LogP contribution in [0.1, 0.15) is 62.2 Å². The molecule has 0 aliphatic carbocycles. The average Bonchev–Trinajstić information content (AvgIpc) is 3.01. The molecule has 1 fully saturated rings. The summed E-state index contributed by atoms with van der Waals surface area (Å²) in [5.74, 6) is 0.591. The van der Waals surface area contributed by atoms with Crippen LogP contribution in [-0.4, -0.2) is 47.6 Å². The van der Waals surface area contributed by atoms with Crippen LogP contribution in [-0.2, 0) is 0 Å². The number of ketones is 2. The van der Waals surface area contributed by atoms with Crippen molar-refractivity contribution in [3.05, 3.63) is 52.3 Å². The summed E-state index contributed by atoms with van der Waals surface area (Å²) in [6, 6.07) is 7.14. The van der Waals surface area contributed by atoms with E-state index < -0.39 is 0 Å². The first-order chi connectivity index (χ1) is 13.3. The van der Waals surface area contributed by atoms with E-state index in [1.165, 1.54) is 6.92 Å². The van der Waals surface area contributed by atoms with Crippen molar-refractivity contribution in [1.82, 2.24) is 9.88 Å². The maximum Gasteiger partial charge on any atom is 0.270 e. The first-order valence-corrected chi connectivity index (χ1v) is 9.51. The van der Waals surface area contributed by atoms with Crippen molar-refractivity contribution in [2.75, 3.05) is 20.2 Å². The van der Waals surface area contributed by atoms with Crippen molar-refractivity contribution in [2.24, 2.45) is 5.92 Å². The van der Waals surface area contributed by atoms with Crippen LogP contribution in [0.4, 0.5) is 0 Å². The molecule has 6 heteroatoms. The first kappa shape index (κ1) is 19.9. The highest BCUT2D eigenvalue weighted by molar-refractivity contribution is 6.03. The quantitative estimate of drug-likeness (QED) is 0.802. The number of nitrogens with zero attached hydrogens (tertiary/aromatic N) is 1. The number of Topliss-reactive ketones (excluding diaryl/α,β-unsaturated/α-hetero) is 2. The van der Waals surface area contributed by atoms with Gasteiger partial charge in [0.2, 0.25) is 0 Å². The molecule has 0 radical (unpaired) electrons. The lowest BCUT2D eigenvalue weighted by Crippen LogP contribution is -2.40. The molecule has 1 aliphatic rings. The van der Waals surface area contributed by atoms with E-state index in [2.05, 4.69) is 4.98 Å². The van der Waals surface area contributed by atoms with E-state index in [1.54, 1.807) is 50.1 Å². The van der Waals surface area contributed by atoms with Crippen LogP contribution in [0.3, 0.4) is 0 Å². The van der Waals surface area contributed by atoms with Crippen molar-refractivity contribution < 1.29 is 19.1 Å². The molecule has 0 bridgehead atoms. The summed E-state index contributed by atoms with van der Waals surface area (Å²) < 4.78 is 5.13. The number of likely N-dealkylation sites (tertiary alicyclic amines) is 1. The predicted octanol–water partition coefficient (Wildman–Crippen LogP) is 3.58. The number of piperidine rings is 1. The Labute approximate surface area is 164 Å². The Morgan fingerprint density at radius 3 is 2.18 bits per heavy atom. The highest BCUT2D eigenvalue weighted by atomic mass is 16.5. The molecule has 1 saturated heterocycles. The molecule has 28 heavy (non-hydrogen) atoms. The van der Waals surface area contributed by atoms with Gasteiger partial charge in [0.15, 0.2) is 11.6 Å². The van der Waals surface area contributed by atoms with Gasteiger partial charge in [0.05, 0.1) is 7.11 Å². The van der Waals surface area contributed by atoms with E-state index in [0.29, 0.717) is 48.3 Å². The van der Waals surface area contributed by atoms with Crippen LogP contribution >= 0.6 is 0 Å². The molecular formula is C22H26N2O4. The second-order valence-corrected chi connectivity index (χ2v) is 7.34. The Bertz CT molecular complexity index is 903. The van der Waals surface area contributed by atoms with Gasteiger partial charge in [-0.25, -0.2) is 0 Å². The Morgan fingerprint density at radius 2 is 1.68 bits per heavy atom. The number of methoxy groups -OCH3 is 1. The van der Waals surface area contributed by atoms with Gasteiger partial charge < -0.3 is 14.6 Å². The largest absolute Gasteiger partial charge is 0.497 e. The number of benzene rings is 1. The van der Waals surface area contributed by atoms with Gasteiger partial charge in [-0.05, 0) is 63.4 Å². The monoisotopic (exact) mass is 382 g/mol. The Hall–Kier alpha value is -2.89. The van der Waals surface area contributed by atoms with Gasteiger partial charge in [-0.3, -0.25) is 14.4 Å². The average molecular weight is 382 g/mol. The highest BCUT2D eigenvalue weighted by Crippen LogP contribution is 2.26. The number of nitrogens with one attached hydrogen (secondary N) is 1. The third-order valence-electron chi connectivity index (χ3n) is 5.53. The second kappa shape index (κ2) is 8.00. The third-order valence-corrected chi connectivity index (χ3v) is 5.53. The highest BCUT2D eigenvalue weighted by Gasteiger charge is 2.30. The molecule has 1 amide bonds. The first-order valence-electron chi connectivity index (χ1n) is 9.51. The fourth-order valence-electron chi connectivity index (χ4n) is 3.99. The molecule has 1 N–H and O–H groups in total. The molecule has 1 aromatic carbocycles. The summed E-state index contributed by atoms with van der Waals surface area (Å²) in [7, 11) is 1.59. The molecule has 2 aromatic rings. The minimum absolute atomic E-state index is 0.0471. The Morgan fingerprint density at radius 1 is 1.07 bits per heavy atom. The molecule has 0 atom stereocenters. The maximum atomic E-state index is 12.9. The zero-order valence-corrected chi connectivity index (χ0v) is 16.8. The summed E-state index contributed by atoms with van der Waals surface area (Å²) >= 11 is 0. The van der Waals surface area contributed by atoms with E-state index in [4.69, 9.17) is 4.74 Å². The summed E-state index contributed by atoms with van der Waals surface area (Å²) in [5, 5.41) is 0. The van der Waals surface area contributed by atoms with Crippen LogP contribution < -0.4 is 4.74 Å². The summed E-state index contributed by atoms with van der Waals surface area (Å²) in [5.41, 5.74) is 3.16. The van der Waals surface area contributed by atoms with Gasteiger partial charge in [-0.1, -0.05) is 0 Å². The van der Waals surface area contributed by atoms with Crippen LogP contribution in [0.15, 0.2) is 24.3 Å². The molecular weight excluding hydrogens is 356 g/mol. The number of carbonyl (C=O) groups excluding carboxylic acids is 3. The van der Waals surface area contributed by atoms with Gasteiger partial charge in [-0.15, -0.1) is 0 Å².